The Kier molecular flexibility index (Phi) is 3.36. The number of methoxy groups -OCH3 is 1. The van der Waals surface area contributed by atoms with Crippen molar-refractivity contribution in [3.8, 4) is 5.75 Å². The van der Waals surface area contributed by atoms with Gasteiger partial charge in [-0.25, -0.2) is 0 Å². The summed E-state index contributed by atoms with van der Waals surface area (Å²) in [5, 5.41) is 9.44. The molecule has 0 unspecified atom stereocenters. The molecule has 1 N–H and O–H groups in total. The van der Waals surface area contributed by atoms with Gasteiger partial charge in [-0.15, -0.1) is 0 Å². The van der Waals surface area contributed by atoms with E-state index in [0.29, 0.717) is 5.75 Å². The molecule has 0 spiro atoms. The van der Waals surface area contributed by atoms with Gasteiger partial charge in [0.1, 0.15) is 5.75 Å². The molecule has 1 aromatic rings. The normalized spacial score (nSPS) is 19.8. The minimum atomic E-state index is -0.126. The summed E-state index contributed by atoms with van der Waals surface area (Å²) < 4.78 is 4.87. The highest BCUT2D eigenvalue weighted by atomic mass is 16.5. The van der Waals surface area contributed by atoms with Gasteiger partial charge in [0.25, 0.3) is 0 Å². The van der Waals surface area contributed by atoms with Crippen LogP contribution >= 0.6 is 0 Å². The maximum absolute atomic E-state index is 11.7. The summed E-state index contributed by atoms with van der Waals surface area (Å²) in [7, 11) is 1.44. The summed E-state index contributed by atoms with van der Waals surface area (Å²) in [6.07, 6.45) is 2.69. The number of rotatable bonds is 3. The van der Waals surface area contributed by atoms with Gasteiger partial charge in [-0.3, -0.25) is 4.79 Å². The number of hydrogen-bond acceptors (Lipinski definition) is 3. The second kappa shape index (κ2) is 4.78. The van der Waals surface area contributed by atoms with Crippen molar-refractivity contribution in [1.82, 2.24) is 0 Å². The number of fused-ring (bicyclic) bond motifs is 1. The molecule has 1 aliphatic rings. The van der Waals surface area contributed by atoms with E-state index in [1.54, 1.807) is 12.1 Å². The number of ether oxygens (including phenoxy) is 1. The first-order valence-electron chi connectivity index (χ1n) is 6.07. The van der Waals surface area contributed by atoms with Crippen LogP contribution in [-0.2, 0) is 16.0 Å². The topological polar surface area (TPSA) is 46.5 Å². The van der Waals surface area contributed by atoms with Crippen molar-refractivity contribution in [1.29, 1.82) is 0 Å². The Morgan fingerprint density at radius 3 is 3.00 bits per heavy atom. The molecule has 92 valence electrons. The molecule has 17 heavy (non-hydrogen) atoms. The lowest BCUT2D eigenvalue weighted by Gasteiger charge is -2.20. The van der Waals surface area contributed by atoms with E-state index in [0.717, 1.165) is 24.8 Å². The van der Waals surface area contributed by atoms with Gasteiger partial charge in [0.2, 0.25) is 0 Å². The standard InChI is InChI=1S/C14H18O3/c1-3-11(14(16)17-2)13-6-4-9-8-10(15)5-7-12(9)13/h5,7-8,11,13,15H,3-4,6H2,1-2H3/t11-,13+/m0/s1. The summed E-state index contributed by atoms with van der Waals surface area (Å²) in [5.41, 5.74) is 2.36. The highest BCUT2D eigenvalue weighted by Gasteiger charge is 2.33. The molecular weight excluding hydrogens is 216 g/mol. The molecule has 0 radical (unpaired) electrons. The van der Waals surface area contributed by atoms with Crippen molar-refractivity contribution in [3.05, 3.63) is 29.3 Å². The second-order valence-electron chi connectivity index (χ2n) is 4.57. The fraction of sp³-hybridized carbons (Fsp3) is 0.500. The van der Waals surface area contributed by atoms with Crippen LogP contribution in [0.4, 0.5) is 0 Å². The number of benzene rings is 1. The van der Waals surface area contributed by atoms with Crippen molar-refractivity contribution < 1.29 is 14.6 Å². The summed E-state index contributed by atoms with van der Waals surface area (Å²) in [5.74, 6) is 0.350. The molecule has 3 heteroatoms. The minimum absolute atomic E-state index is 0.0641. The fourth-order valence-electron chi connectivity index (χ4n) is 2.82. The largest absolute Gasteiger partial charge is 0.508 e. The van der Waals surface area contributed by atoms with Crippen molar-refractivity contribution in [2.24, 2.45) is 5.92 Å². The molecule has 0 saturated carbocycles. The van der Waals surface area contributed by atoms with E-state index in [1.165, 1.54) is 12.7 Å². The Hall–Kier alpha value is -1.51. The fourth-order valence-corrected chi connectivity index (χ4v) is 2.82. The lowest BCUT2D eigenvalue weighted by atomic mass is 9.85. The molecule has 3 nitrogen and oxygen atoms in total. The van der Waals surface area contributed by atoms with Gasteiger partial charge in [-0.2, -0.15) is 0 Å². The van der Waals surface area contributed by atoms with Crippen LogP contribution in [0.3, 0.4) is 0 Å². The molecule has 2 atom stereocenters. The van der Waals surface area contributed by atoms with Gasteiger partial charge in [0.15, 0.2) is 0 Å². The molecular formula is C14H18O3. The molecule has 0 aromatic heterocycles. The minimum Gasteiger partial charge on any atom is -0.508 e. The Morgan fingerprint density at radius 2 is 2.35 bits per heavy atom. The number of aryl methyl sites for hydroxylation is 1. The van der Waals surface area contributed by atoms with Crippen LogP contribution in [0.1, 0.15) is 36.8 Å². The van der Waals surface area contributed by atoms with Gasteiger partial charge in [-0.05, 0) is 48.4 Å². The van der Waals surface area contributed by atoms with Crippen molar-refractivity contribution in [2.45, 2.75) is 32.1 Å². The number of carbonyl (C=O) groups excluding carboxylic acids is 1. The van der Waals surface area contributed by atoms with Crippen LogP contribution in [0.15, 0.2) is 18.2 Å². The first kappa shape index (κ1) is 12.0. The van der Waals surface area contributed by atoms with E-state index in [-0.39, 0.29) is 17.8 Å². The predicted molar refractivity (Wildman–Crippen MR) is 65.0 cm³/mol. The summed E-state index contributed by atoms with van der Waals surface area (Å²) in [6, 6.07) is 5.44. The van der Waals surface area contributed by atoms with Gasteiger partial charge in [-0.1, -0.05) is 13.0 Å². The number of hydrogen-bond donors (Lipinski definition) is 1. The third-order valence-corrected chi connectivity index (χ3v) is 3.68. The number of phenols is 1. The van der Waals surface area contributed by atoms with Crippen LogP contribution in [-0.4, -0.2) is 18.2 Å². The number of phenolic OH excluding ortho intramolecular Hbond substituents is 1. The summed E-state index contributed by atoms with van der Waals surface area (Å²) in [4.78, 5) is 11.7. The lowest BCUT2D eigenvalue weighted by Crippen LogP contribution is -2.21. The van der Waals surface area contributed by atoms with Crippen LogP contribution in [0.5, 0.6) is 5.75 Å². The SMILES string of the molecule is CC[C@H](C(=O)OC)[C@H]1CCc2cc(O)ccc21. The van der Waals surface area contributed by atoms with Crippen LogP contribution < -0.4 is 0 Å². The van der Waals surface area contributed by atoms with Crippen LogP contribution in [0.25, 0.3) is 0 Å². The zero-order valence-electron chi connectivity index (χ0n) is 10.3. The van der Waals surface area contributed by atoms with Gasteiger partial charge in [0.05, 0.1) is 13.0 Å². The molecule has 0 fully saturated rings. The second-order valence-corrected chi connectivity index (χ2v) is 4.57. The Morgan fingerprint density at radius 1 is 1.59 bits per heavy atom. The van der Waals surface area contributed by atoms with E-state index < -0.39 is 0 Å². The molecule has 1 aromatic carbocycles. The molecule has 0 aliphatic heterocycles. The smallest absolute Gasteiger partial charge is 0.309 e. The molecule has 2 rings (SSSR count). The zero-order valence-corrected chi connectivity index (χ0v) is 10.3. The monoisotopic (exact) mass is 234 g/mol. The van der Waals surface area contributed by atoms with E-state index in [9.17, 15) is 9.90 Å². The summed E-state index contributed by atoms with van der Waals surface area (Å²) in [6.45, 7) is 2.01. The third-order valence-electron chi connectivity index (χ3n) is 3.68. The molecule has 0 saturated heterocycles. The van der Waals surface area contributed by atoms with Gasteiger partial charge < -0.3 is 9.84 Å². The molecule has 0 amide bonds. The Bertz CT molecular complexity index is 425. The van der Waals surface area contributed by atoms with Gasteiger partial charge in [0, 0.05) is 0 Å². The Balaban J connectivity index is 2.29. The van der Waals surface area contributed by atoms with E-state index in [1.807, 2.05) is 13.0 Å². The lowest BCUT2D eigenvalue weighted by molar-refractivity contribution is -0.146. The predicted octanol–water partition coefficient (Wildman–Crippen LogP) is 2.62. The first-order valence-corrected chi connectivity index (χ1v) is 6.07. The molecule has 0 heterocycles. The first-order chi connectivity index (χ1) is 8.17. The van der Waals surface area contributed by atoms with E-state index >= 15 is 0 Å². The van der Waals surface area contributed by atoms with Crippen molar-refractivity contribution >= 4 is 5.97 Å². The molecule has 0 bridgehead atoms. The highest BCUT2D eigenvalue weighted by molar-refractivity contribution is 5.74. The maximum atomic E-state index is 11.7. The molecule has 1 aliphatic carbocycles. The number of esters is 1. The average molecular weight is 234 g/mol. The number of aromatic hydroxyl groups is 1. The highest BCUT2D eigenvalue weighted by Crippen LogP contribution is 2.41. The van der Waals surface area contributed by atoms with E-state index in [4.69, 9.17) is 4.74 Å². The Labute approximate surface area is 101 Å². The van der Waals surface area contributed by atoms with Gasteiger partial charge >= 0.3 is 5.97 Å². The average Bonchev–Trinajstić information content (AvgIpc) is 2.73. The van der Waals surface area contributed by atoms with E-state index in [2.05, 4.69) is 0 Å². The zero-order chi connectivity index (χ0) is 12.4. The maximum Gasteiger partial charge on any atom is 0.309 e. The summed E-state index contributed by atoms with van der Waals surface area (Å²) >= 11 is 0. The van der Waals surface area contributed by atoms with Crippen LogP contribution in [0, 0.1) is 5.92 Å². The van der Waals surface area contributed by atoms with Crippen LogP contribution in [0.2, 0.25) is 0 Å². The quantitative estimate of drug-likeness (QED) is 0.818. The van der Waals surface area contributed by atoms with Crippen molar-refractivity contribution in [3.63, 3.8) is 0 Å². The van der Waals surface area contributed by atoms with Crippen molar-refractivity contribution in [2.75, 3.05) is 7.11 Å². The third kappa shape index (κ3) is 2.14. The number of carbonyl (C=O) groups is 1.